The first-order valence-corrected chi connectivity index (χ1v) is 3.08. The summed E-state index contributed by atoms with van der Waals surface area (Å²) in [6.07, 6.45) is 0.797. The fourth-order valence-corrected chi connectivity index (χ4v) is 0.606. The Morgan fingerprint density at radius 2 is 2.20 bits per heavy atom. The molecule has 0 aliphatic heterocycles. The lowest BCUT2D eigenvalue weighted by Crippen LogP contribution is -1.99. The Kier molecular flexibility index (Phi) is 3.72. The quantitative estimate of drug-likeness (QED) is 0.501. The Morgan fingerprint density at radius 1 is 1.70 bits per heavy atom. The summed E-state index contributed by atoms with van der Waals surface area (Å²) in [5.74, 6) is -1.26. The highest BCUT2D eigenvalue weighted by atomic mass is 35.5. The van der Waals surface area contributed by atoms with Crippen molar-refractivity contribution >= 4 is 23.9 Å². The lowest BCUT2D eigenvalue weighted by atomic mass is 10.2. The van der Waals surface area contributed by atoms with Gasteiger partial charge in [0, 0.05) is 5.57 Å². The number of carboxylic acid groups (broad SMARTS) is 1. The van der Waals surface area contributed by atoms with E-state index < -0.39 is 11.0 Å². The van der Waals surface area contributed by atoms with E-state index in [4.69, 9.17) is 16.7 Å². The highest BCUT2D eigenvalue weighted by Crippen LogP contribution is 2.10. The SMILES string of the molecule is CC/C(C=O)=C(\Cl)C(=O)O. The number of aliphatic carboxylic acids is 1. The summed E-state index contributed by atoms with van der Waals surface area (Å²) >= 11 is 5.23. The third kappa shape index (κ3) is 2.19. The van der Waals surface area contributed by atoms with Crippen LogP contribution in [0.25, 0.3) is 0 Å². The summed E-state index contributed by atoms with van der Waals surface area (Å²) in [4.78, 5) is 20.2. The maximum atomic E-state index is 10.1. The molecule has 0 spiro atoms. The van der Waals surface area contributed by atoms with Crippen LogP contribution in [0.15, 0.2) is 10.6 Å². The third-order valence-corrected chi connectivity index (χ3v) is 1.40. The van der Waals surface area contributed by atoms with Gasteiger partial charge in [0.2, 0.25) is 0 Å². The number of carboxylic acids is 1. The Labute approximate surface area is 63.3 Å². The van der Waals surface area contributed by atoms with E-state index in [-0.39, 0.29) is 5.57 Å². The zero-order valence-electron chi connectivity index (χ0n) is 5.43. The normalized spacial score (nSPS) is 12.2. The van der Waals surface area contributed by atoms with E-state index in [1.807, 2.05) is 0 Å². The number of carbonyl (C=O) groups is 2. The molecule has 0 amide bonds. The minimum atomic E-state index is -1.26. The number of allylic oxidation sites excluding steroid dienone is 1. The summed E-state index contributed by atoms with van der Waals surface area (Å²) in [7, 11) is 0. The molecule has 0 aliphatic carbocycles. The van der Waals surface area contributed by atoms with Crippen molar-refractivity contribution in [2.24, 2.45) is 0 Å². The van der Waals surface area contributed by atoms with Gasteiger partial charge < -0.3 is 5.11 Å². The lowest BCUT2D eigenvalue weighted by molar-refractivity contribution is -0.132. The lowest BCUT2D eigenvalue weighted by Gasteiger charge is -1.93. The van der Waals surface area contributed by atoms with Crippen molar-refractivity contribution in [1.29, 1.82) is 0 Å². The molecule has 0 unspecified atom stereocenters. The number of hydrogen-bond acceptors (Lipinski definition) is 2. The number of aldehydes is 1. The van der Waals surface area contributed by atoms with Crippen molar-refractivity contribution in [3.8, 4) is 0 Å². The molecule has 10 heavy (non-hydrogen) atoms. The molecule has 0 aromatic heterocycles. The van der Waals surface area contributed by atoms with Crippen molar-refractivity contribution in [3.63, 3.8) is 0 Å². The van der Waals surface area contributed by atoms with Gasteiger partial charge in [-0.3, -0.25) is 4.79 Å². The molecule has 3 nitrogen and oxygen atoms in total. The van der Waals surface area contributed by atoms with Crippen LogP contribution in [0.2, 0.25) is 0 Å². The molecule has 0 rings (SSSR count). The molecule has 0 fully saturated rings. The first kappa shape index (κ1) is 9.17. The number of halogens is 1. The molecule has 0 bridgehead atoms. The second-order valence-corrected chi connectivity index (χ2v) is 1.99. The van der Waals surface area contributed by atoms with Crippen molar-refractivity contribution in [2.75, 3.05) is 0 Å². The number of carbonyl (C=O) groups excluding carboxylic acids is 1. The summed E-state index contributed by atoms with van der Waals surface area (Å²) in [5.41, 5.74) is 0.120. The van der Waals surface area contributed by atoms with Crippen LogP contribution in [0.5, 0.6) is 0 Å². The topological polar surface area (TPSA) is 54.4 Å². The fraction of sp³-hybridized carbons (Fsp3) is 0.333. The van der Waals surface area contributed by atoms with Crippen LogP contribution >= 0.6 is 11.6 Å². The first-order chi connectivity index (χ1) is 4.63. The second-order valence-electron chi connectivity index (χ2n) is 1.62. The molecular weight excluding hydrogens is 156 g/mol. The zero-order chi connectivity index (χ0) is 8.15. The van der Waals surface area contributed by atoms with Gasteiger partial charge in [-0.25, -0.2) is 4.79 Å². The Morgan fingerprint density at radius 3 is 2.30 bits per heavy atom. The van der Waals surface area contributed by atoms with Gasteiger partial charge in [-0.15, -0.1) is 0 Å². The van der Waals surface area contributed by atoms with Crippen molar-refractivity contribution in [3.05, 3.63) is 10.6 Å². The molecule has 0 aliphatic rings. The highest BCUT2D eigenvalue weighted by Gasteiger charge is 2.08. The van der Waals surface area contributed by atoms with E-state index in [0.717, 1.165) is 0 Å². The summed E-state index contributed by atoms with van der Waals surface area (Å²) in [5, 5.41) is 7.87. The largest absolute Gasteiger partial charge is 0.477 e. The number of rotatable bonds is 3. The van der Waals surface area contributed by atoms with Crippen LogP contribution in [0, 0.1) is 0 Å². The minimum absolute atomic E-state index is 0.120. The van der Waals surface area contributed by atoms with E-state index >= 15 is 0 Å². The molecule has 0 saturated heterocycles. The fourth-order valence-electron chi connectivity index (χ4n) is 0.428. The molecular formula is C6H7ClO3. The average molecular weight is 163 g/mol. The van der Waals surface area contributed by atoms with Crippen LogP contribution in [-0.4, -0.2) is 17.4 Å². The van der Waals surface area contributed by atoms with Gasteiger partial charge in [0.1, 0.15) is 11.3 Å². The van der Waals surface area contributed by atoms with Gasteiger partial charge in [0.25, 0.3) is 0 Å². The molecule has 1 N–H and O–H groups in total. The van der Waals surface area contributed by atoms with Gasteiger partial charge in [-0.2, -0.15) is 0 Å². The molecule has 0 heterocycles. The average Bonchev–Trinajstić information content (AvgIpc) is 1.90. The summed E-state index contributed by atoms with van der Waals surface area (Å²) in [6, 6.07) is 0. The van der Waals surface area contributed by atoms with Crippen LogP contribution in [0.3, 0.4) is 0 Å². The van der Waals surface area contributed by atoms with Gasteiger partial charge in [0.15, 0.2) is 0 Å². The monoisotopic (exact) mass is 162 g/mol. The third-order valence-electron chi connectivity index (χ3n) is 0.993. The second kappa shape index (κ2) is 4.06. The van der Waals surface area contributed by atoms with Crippen LogP contribution in [0.1, 0.15) is 13.3 Å². The van der Waals surface area contributed by atoms with E-state index in [9.17, 15) is 9.59 Å². The maximum absolute atomic E-state index is 10.1. The zero-order valence-corrected chi connectivity index (χ0v) is 6.18. The van der Waals surface area contributed by atoms with Crippen LogP contribution < -0.4 is 0 Å². The minimum Gasteiger partial charge on any atom is -0.477 e. The number of hydrogen-bond donors (Lipinski definition) is 1. The van der Waals surface area contributed by atoms with Gasteiger partial charge in [0.05, 0.1) is 0 Å². The van der Waals surface area contributed by atoms with Crippen LogP contribution in [0.4, 0.5) is 0 Å². The Balaban J connectivity index is 4.59. The van der Waals surface area contributed by atoms with Gasteiger partial charge >= 0.3 is 5.97 Å². The molecule has 0 aromatic carbocycles. The Bertz CT molecular complexity index is 183. The van der Waals surface area contributed by atoms with Crippen molar-refractivity contribution in [1.82, 2.24) is 0 Å². The van der Waals surface area contributed by atoms with Gasteiger partial charge in [-0.05, 0) is 6.42 Å². The highest BCUT2D eigenvalue weighted by molar-refractivity contribution is 6.42. The standard InChI is InChI=1S/C6H7ClO3/c1-2-4(3-8)5(7)6(9)10/h3H,2H2,1H3,(H,9,10)/b5-4+. The Hall–Kier alpha value is -0.830. The van der Waals surface area contributed by atoms with E-state index in [0.29, 0.717) is 12.7 Å². The van der Waals surface area contributed by atoms with E-state index in [2.05, 4.69) is 0 Å². The summed E-state index contributed by atoms with van der Waals surface area (Å²) < 4.78 is 0. The molecule has 0 radical (unpaired) electrons. The molecule has 56 valence electrons. The predicted molar refractivity (Wildman–Crippen MR) is 36.9 cm³/mol. The smallest absolute Gasteiger partial charge is 0.347 e. The molecule has 4 heteroatoms. The van der Waals surface area contributed by atoms with Crippen LogP contribution in [-0.2, 0) is 9.59 Å². The summed E-state index contributed by atoms with van der Waals surface area (Å²) in [6.45, 7) is 1.66. The molecule has 0 aromatic rings. The van der Waals surface area contributed by atoms with E-state index in [1.54, 1.807) is 6.92 Å². The van der Waals surface area contributed by atoms with Gasteiger partial charge in [-0.1, -0.05) is 18.5 Å². The van der Waals surface area contributed by atoms with Crippen molar-refractivity contribution in [2.45, 2.75) is 13.3 Å². The molecule has 0 atom stereocenters. The van der Waals surface area contributed by atoms with E-state index in [1.165, 1.54) is 0 Å². The molecule has 0 saturated carbocycles. The maximum Gasteiger partial charge on any atom is 0.347 e. The van der Waals surface area contributed by atoms with Crippen molar-refractivity contribution < 1.29 is 14.7 Å². The predicted octanol–water partition coefficient (Wildman–Crippen LogP) is 1.17. The first-order valence-electron chi connectivity index (χ1n) is 2.70.